The fourth-order valence-electron chi connectivity index (χ4n) is 3.26. The molecule has 0 aliphatic carbocycles. The van der Waals surface area contributed by atoms with Crippen LogP contribution in [-0.2, 0) is 11.3 Å². The van der Waals surface area contributed by atoms with Gasteiger partial charge in [-0.3, -0.25) is 9.59 Å². The molecule has 9 heteroatoms. The van der Waals surface area contributed by atoms with Gasteiger partial charge >= 0.3 is 0 Å². The average Bonchev–Trinajstić information content (AvgIpc) is 3.26. The van der Waals surface area contributed by atoms with Gasteiger partial charge in [-0.2, -0.15) is 4.73 Å². The van der Waals surface area contributed by atoms with Crippen LogP contribution in [-0.4, -0.2) is 28.2 Å². The number of benzene rings is 2. The normalized spacial score (nSPS) is 10.5. The van der Waals surface area contributed by atoms with E-state index in [1.807, 2.05) is 47.8 Å². The average molecular weight is 460 g/mol. The number of amides is 2. The molecule has 0 saturated carbocycles. The summed E-state index contributed by atoms with van der Waals surface area (Å²) in [5.74, 6) is -0.675. The molecule has 0 radical (unpaired) electrons. The van der Waals surface area contributed by atoms with Crippen molar-refractivity contribution < 1.29 is 14.3 Å². The molecular formula is C24H21N5O3S. The number of pyridine rings is 1. The molecule has 2 amide bonds. The minimum absolute atomic E-state index is 0.148. The quantitative estimate of drug-likeness (QED) is 0.325. The van der Waals surface area contributed by atoms with Gasteiger partial charge in [-0.1, -0.05) is 42.5 Å². The maximum absolute atomic E-state index is 13.1. The molecule has 2 aromatic carbocycles. The molecule has 0 spiro atoms. The van der Waals surface area contributed by atoms with Crippen molar-refractivity contribution >= 4 is 34.0 Å². The number of nitrogens with zero attached hydrogens (tertiary/aromatic N) is 3. The van der Waals surface area contributed by atoms with Gasteiger partial charge in [0.25, 0.3) is 5.91 Å². The number of hydrogen-bond donors (Lipinski definition) is 2. The van der Waals surface area contributed by atoms with Gasteiger partial charge in [0.15, 0.2) is 17.5 Å². The molecule has 2 heterocycles. The molecule has 33 heavy (non-hydrogen) atoms. The van der Waals surface area contributed by atoms with Crippen LogP contribution < -0.4 is 15.8 Å². The van der Waals surface area contributed by atoms with Crippen LogP contribution in [0.5, 0.6) is 0 Å². The summed E-state index contributed by atoms with van der Waals surface area (Å²) in [4.78, 5) is 31.5. The molecule has 0 atom stereocenters. The highest BCUT2D eigenvalue weighted by atomic mass is 32.1. The molecule has 4 aromatic rings. The van der Waals surface area contributed by atoms with Crippen molar-refractivity contribution in [2.75, 3.05) is 17.6 Å². The zero-order chi connectivity index (χ0) is 23.2. The number of carbonyl (C=O) groups is 2. The Morgan fingerprint density at radius 2 is 1.73 bits per heavy atom. The molecular weight excluding hydrogens is 438 g/mol. The number of nitrogen functional groups attached to an aromatic ring is 1. The van der Waals surface area contributed by atoms with Crippen LogP contribution in [0.25, 0.3) is 11.3 Å². The molecule has 2 aromatic heterocycles. The number of nitrogens with one attached hydrogen (secondary N) is 1. The van der Waals surface area contributed by atoms with Crippen LogP contribution in [0.1, 0.15) is 15.9 Å². The van der Waals surface area contributed by atoms with E-state index in [1.165, 1.54) is 40.8 Å². The smallest absolute Gasteiger partial charge is 0.255 e. The number of carbonyl (C=O) groups excluding carboxylic acids is 2. The summed E-state index contributed by atoms with van der Waals surface area (Å²) in [5.41, 5.74) is 9.18. The van der Waals surface area contributed by atoms with Crippen LogP contribution in [0.4, 0.5) is 10.8 Å². The summed E-state index contributed by atoms with van der Waals surface area (Å²) >= 11 is 1.36. The van der Waals surface area contributed by atoms with Gasteiger partial charge in [-0.15, -0.1) is 11.3 Å². The van der Waals surface area contributed by atoms with Crippen LogP contribution in [0.2, 0.25) is 0 Å². The lowest BCUT2D eigenvalue weighted by molar-refractivity contribution is -0.605. The van der Waals surface area contributed by atoms with E-state index < -0.39 is 0 Å². The molecule has 4 rings (SSSR count). The van der Waals surface area contributed by atoms with Gasteiger partial charge in [0.05, 0.1) is 11.3 Å². The number of aromatic nitrogens is 2. The molecule has 0 saturated heterocycles. The Morgan fingerprint density at radius 3 is 2.36 bits per heavy atom. The first-order valence-electron chi connectivity index (χ1n) is 10.1. The highest BCUT2D eigenvalue weighted by Gasteiger charge is 2.20. The fraction of sp³-hybridized carbons (Fsp3) is 0.0833. The summed E-state index contributed by atoms with van der Waals surface area (Å²) in [5, 5.41) is 16.5. The van der Waals surface area contributed by atoms with Crippen molar-refractivity contribution in [1.29, 1.82) is 0 Å². The minimum Gasteiger partial charge on any atom is -0.619 e. The summed E-state index contributed by atoms with van der Waals surface area (Å²) in [6.07, 6.45) is 2.51. The second-order valence-corrected chi connectivity index (χ2v) is 8.18. The van der Waals surface area contributed by atoms with Crippen LogP contribution in [0.3, 0.4) is 0 Å². The van der Waals surface area contributed by atoms with E-state index in [4.69, 9.17) is 5.73 Å². The number of nitrogens with two attached hydrogens (primary N) is 1. The summed E-state index contributed by atoms with van der Waals surface area (Å²) in [6.45, 7) is 0.105. The first-order valence-corrected chi connectivity index (χ1v) is 11.0. The summed E-state index contributed by atoms with van der Waals surface area (Å²) in [6, 6.07) is 19.5. The predicted octanol–water partition coefficient (Wildman–Crippen LogP) is 3.31. The Balaban J connectivity index is 1.47. The summed E-state index contributed by atoms with van der Waals surface area (Å²) in [7, 11) is 0. The van der Waals surface area contributed by atoms with Crippen molar-refractivity contribution in [3.8, 4) is 11.3 Å². The zero-order valence-corrected chi connectivity index (χ0v) is 18.4. The van der Waals surface area contributed by atoms with Gasteiger partial charge in [0, 0.05) is 35.3 Å². The molecule has 0 aliphatic rings. The Bertz CT molecular complexity index is 1240. The lowest BCUT2D eigenvalue weighted by atomic mass is 10.1. The molecule has 3 N–H and O–H groups in total. The van der Waals surface area contributed by atoms with Crippen LogP contribution in [0.15, 0.2) is 84.5 Å². The maximum atomic E-state index is 13.1. The second kappa shape index (κ2) is 9.92. The maximum Gasteiger partial charge on any atom is 0.255 e. The van der Waals surface area contributed by atoms with E-state index in [9.17, 15) is 14.8 Å². The van der Waals surface area contributed by atoms with Gasteiger partial charge in [0.2, 0.25) is 5.91 Å². The lowest BCUT2D eigenvalue weighted by Gasteiger charge is -2.22. The Morgan fingerprint density at radius 1 is 1.03 bits per heavy atom. The zero-order valence-electron chi connectivity index (χ0n) is 17.5. The first-order chi connectivity index (χ1) is 16.0. The second-order valence-electron chi connectivity index (χ2n) is 7.29. The number of thiazole rings is 1. The number of anilines is 2. The van der Waals surface area contributed by atoms with Gasteiger partial charge < -0.3 is 21.2 Å². The van der Waals surface area contributed by atoms with Crippen molar-refractivity contribution in [1.82, 2.24) is 9.88 Å². The third kappa shape index (κ3) is 5.72. The van der Waals surface area contributed by atoms with E-state index in [2.05, 4.69) is 10.3 Å². The lowest BCUT2D eigenvalue weighted by Crippen LogP contribution is -2.38. The molecule has 0 unspecified atom stereocenters. The van der Waals surface area contributed by atoms with Crippen LogP contribution >= 0.6 is 11.3 Å². The third-order valence-electron chi connectivity index (χ3n) is 4.87. The highest BCUT2D eigenvalue weighted by Crippen LogP contribution is 2.24. The Kier molecular flexibility index (Phi) is 6.61. The fourth-order valence-corrected chi connectivity index (χ4v) is 3.83. The van der Waals surface area contributed by atoms with E-state index in [1.54, 1.807) is 12.1 Å². The van der Waals surface area contributed by atoms with Gasteiger partial charge in [-0.25, -0.2) is 4.98 Å². The predicted molar refractivity (Wildman–Crippen MR) is 127 cm³/mol. The molecule has 8 nitrogen and oxygen atoms in total. The molecule has 0 fully saturated rings. The Labute approximate surface area is 194 Å². The molecule has 166 valence electrons. The highest BCUT2D eigenvalue weighted by molar-refractivity contribution is 7.13. The van der Waals surface area contributed by atoms with Crippen LogP contribution in [0, 0.1) is 5.21 Å². The third-order valence-corrected chi connectivity index (χ3v) is 5.55. The van der Waals surface area contributed by atoms with Gasteiger partial charge in [0.1, 0.15) is 6.54 Å². The number of hydrogen-bond acceptors (Lipinski definition) is 6. The van der Waals surface area contributed by atoms with Crippen molar-refractivity contribution in [2.24, 2.45) is 0 Å². The number of rotatable bonds is 7. The van der Waals surface area contributed by atoms with Gasteiger partial charge in [-0.05, 0) is 17.7 Å². The molecule has 0 aliphatic heterocycles. The monoisotopic (exact) mass is 459 g/mol. The largest absolute Gasteiger partial charge is 0.619 e. The van der Waals surface area contributed by atoms with E-state index in [0.717, 1.165) is 16.8 Å². The van der Waals surface area contributed by atoms with E-state index in [-0.39, 0.29) is 24.9 Å². The topological polar surface area (TPSA) is 115 Å². The SMILES string of the molecule is Nc1nc(-c2ccc(NC(=O)CN(Cc3ccccc3)C(=O)c3cc[n+]([O-])cc3)cc2)cs1. The standard InChI is InChI=1S/C24H21N5O3S/c25-24-27-21(16-33-24)18-6-8-20(9-7-18)26-22(30)15-28(14-17-4-2-1-3-5-17)23(31)19-10-12-29(32)13-11-19/h1-13,16H,14-15H2,(H2,25,27)(H,26,30). The van der Waals surface area contributed by atoms with Crippen molar-refractivity contribution in [3.05, 3.63) is 101 Å². The van der Waals surface area contributed by atoms with Crippen molar-refractivity contribution in [3.63, 3.8) is 0 Å². The first kappa shape index (κ1) is 22.0. The van der Waals surface area contributed by atoms with Crippen molar-refractivity contribution in [2.45, 2.75) is 6.54 Å². The minimum atomic E-state index is -0.342. The molecule has 0 bridgehead atoms. The van der Waals surface area contributed by atoms with E-state index >= 15 is 0 Å². The van der Waals surface area contributed by atoms with E-state index in [0.29, 0.717) is 21.1 Å². The Hall–Kier alpha value is -4.24. The summed E-state index contributed by atoms with van der Waals surface area (Å²) < 4.78 is 0.606.